The van der Waals surface area contributed by atoms with Crippen LogP contribution in [0.3, 0.4) is 0 Å². The first-order valence-corrected chi connectivity index (χ1v) is 6.76. The molecule has 0 saturated carbocycles. The lowest BCUT2D eigenvalue weighted by atomic mass is 10.1. The molecule has 0 aromatic heterocycles. The van der Waals surface area contributed by atoms with Crippen molar-refractivity contribution < 1.29 is 9.18 Å². The molecule has 1 amide bonds. The van der Waals surface area contributed by atoms with Crippen LogP contribution in [0, 0.1) is 11.7 Å². The monoisotopic (exact) mass is 364 g/mol. The highest BCUT2D eigenvalue weighted by Gasteiger charge is 2.32. The number of nitrogens with two attached hydrogens (primary N) is 1. The molecule has 1 aromatic rings. The van der Waals surface area contributed by atoms with E-state index in [1.165, 1.54) is 12.1 Å². The Morgan fingerprint density at radius 3 is 2.47 bits per heavy atom. The van der Waals surface area contributed by atoms with Gasteiger partial charge in [0.15, 0.2) is 0 Å². The Bertz CT molecular complexity index is 444. The van der Waals surface area contributed by atoms with E-state index in [0.717, 1.165) is 0 Å². The third kappa shape index (κ3) is 2.53. The van der Waals surface area contributed by atoms with Crippen molar-refractivity contribution in [3.8, 4) is 0 Å². The van der Waals surface area contributed by atoms with E-state index in [4.69, 9.17) is 5.73 Å². The van der Waals surface area contributed by atoms with Crippen molar-refractivity contribution in [1.29, 1.82) is 0 Å². The van der Waals surface area contributed by atoms with Gasteiger partial charge in [-0.3, -0.25) is 4.79 Å². The summed E-state index contributed by atoms with van der Waals surface area (Å²) in [7, 11) is 0. The first-order chi connectivity index (χ1) is 8.02. The standard InChI is InChI=1S/C11H11Br2FN2O/c12-8-2-7(14)3-9(13)11(8)16-5-6(4-15)1-10(16)17/h2-3,6H,1,4-5,15H2. The van der Waals surface area contributed by atoms with Crippen molar-refractivity contribution in [2.75, 3.05) is 18.0 Å². The molecule has 3 nitrogen and oxygen atoms in total. The van der Waals surface area contributed by atoms with Crippen molar-refractivity contribution >= 4 is 43.5 Å². The zero-order valence-corrected chi connectivity index (χ0v) is 12.1. The SMILES string of the molecule is NCC1CC(=O)N(c2c(Br)cc(F)cc2Br)C1. The first kappa shape index (κ1) is 13.0. The molecule has 0 aliphatic carbocycles. The number of amides is 1. The predicted molar refractivity (Wildman–Crippen MR) is 71.3 cm³/mol. The molecule has 1 unspecified atom stereocenters. The normalized spacial score (nSPS) is 20.1. The Kier molecular flexibility index (Phi) is 3.85. The van der Waals surface area contributed by atoms with Crippen LogP contribution in [-0.2, 0) is 4.79 Å². The minimum Gasteiger partial charge on any atom is -0.330 e. The summed E-state index contributed by atoms with van der Waals surface area (Å²) in [5, 5.41) is 0. The van der Waals surface area contributed by atoms with Crippen LogP contribution >= 0.6 is 31.9 Å². The largest absolute Gasteiger partial charge is 0.330 e. The number of anilines is 1. The van der Waals surface area contributed by atoms with E-state index < -0.39 is 0 Å². The number of rotatable bonds is 2. The molecule has 1 saturated heterocycles. The van der Waals surface area contributed by atoms with Gasteiger partial charge in [-0.1, -0.05) is 0 Å². The number of carbonyl (C=O) groups excluding carboxylic acids is 1. The number of nitrogens with zero attached hydrogens (tertiary/aromatic N) is 1. The highest BCUT2D eigenvalue weighted by atomic mass is 79.9. The summed E-state index contributed by atoms with van der Waals surface area (Å²) in [4.78, 5) is 13.5. The predicted octanol–water partition coefficient (Wildman–Crippen LogP) is 2.66. The fraction of sp³-hybridized carbons (Fsp3) is 0.364. The molecule has 1 aliphatic rings. The zero-order valence-electron chi connectivity index (χ0n) is 8.92. The molecule has 92 valence electrons. The minimum atomic E-state index is -0.352. The van der Waals surface area contributed by atoms with Crippen LogP contribution in [0.1, 0.15) is 6.42 Å². The molecule has 0 spiro atoms. The van der Waals surface area contributed by atoms with E-state index in [1.807, 2.05) is 0 Å². The molecular formula is C11H11Br2FN2O. The molecule has 0 bridgehead atoms. The van der Waals surface area contributed by atoms with Crippen molar-refractivity contribution in [3.63, 3.8) is 0 Å². The number of hydrogen-bond donors (Lipinski definition) is 1. The van der Waals surface area contributed by atoms with Crippen LogP contribution in [-0.4, -0.2) is 19.0 Å². The smallest absolute Gasteiger partial charge is 0.227 e. The van der Waals surface area contributed by atoms with Crippen molar-refractivity contribution in [2.45, 2.75) is 6.42 Å². The van der Waals surface area contributed by atoms with Gasteiger partial charge in [0.25, 0.3) is 0 Å². The third-order valence-corrected chi connectivity index (χ3v) is 4.00. The lowest BCUT2D eigenvalue weighted by Gasteiger charge is -2.20. The topological polar surface area (TPSA) is 46.3 Å². The maximum atomic E-state index is 13.2. The maximum absolute atomic E-state index is 13.2. The molecule has 2 rings (SSSR count). The van der Waals surface area contributed by atoms with Gasteiger partial charge in [-0.2, -0.15) is 0 Å². The van der Waals surface area contributed by atoms with Crippen LogP contribution in [0.5, 0.6) is 0 Å². The van der Waals surface area contributed by atoms with Gasteiger partial charge >= 0.3 is 0 Å². The second-order valence-corrected chi connectivity index (χ2v) is 5.74. The van der Waals surface area contributed by atoms with E-state index in [0.29, 0.717) is 34.1 Å². The van der Waals surface area contributed by atoms with Gasteiger partial charge in [0, 0.05) is 21.9 Å². The van der Waals surface area contributed by atoms with Gasteiger partial charge in [-0.05, 0) is 56.5 Å². The number of halogens is 3. The molecule has 1 heterocycles. The fourth-order valence-electron chi connectivity index (χ4n) is 1.95. The average Bonchev–Trinajstić information content (AvgIpc) is 2.59. The van der Waals surface area contributed by atoms with Crippen LogP contribution in [0.25, 0.3) is 0 Å². The summed E-state index contributed by atoms with van der Waals surface area (Å²) in [6.45, 7) is 1.07. The Morgan fingerprint density at radius 1 is 1.41 bits per heavy atom. The molecular weight excluding hydrogens is 355 g/mol. The number of benzene rings is 1. The summed E-state index contributed by atoms with van der Waals surface area (Å²) in [6.07, 6.45) is 0.451. The Labute approximate surface area is 115 Å². The summed E-state index contributed by atoms with van der Waals surface area (Å²) in [5.41, 5.74) is 6.25. The second-order valence-electron chi connectivity index (χ2n) is 4.03. The molecule has 1 fully saturated rings. The van der Waals surface area contributed by atoms with E-state index in [1.54, 1.807) is 4.90 Å². The fourth-order valence-corrected chi connectivity index (χ4v) is 3.51. The lowest BCUT2D eigenvalue weighted by Crippen LogP contribution is -2.26. The van der Waals surface area contributed by atoms with Crippen molar-refractivity contribution in [1.82, 2.24) is 0 Å². The lowest BCUT2D eigenvalue weighted by molar-refractivity contribution is -0.117. The van der Waals surface area contributed by atoms with Gasteiger partial charge in [0.1, 0.15) is 5.82 Å². The molecule has 1 aromatic carbocycles. The molecule has 1 aliphatic heterocycles. The maximum Gasteiger partial charge on any atom is 0.227 e. The number of carbonyl (C=O) groups is 1. The van der Waals surface area contributed by atoms with Crippen LogP contribution in [0.15, 0.2) is 21.1 Å². The van der Waals surface area contributed by atoms with Crippen LogP contribution < -0.4 is 10.6 Å². The molecule has 1 atom stereocenters. The average molecular weight is 366 g/mol. The van der Waals surface area contributed by atoms with Gasteiger partial charge < -0.3 is 10.6 Å². The van der Waals surface area contributed by atoms with E-state index >= 15 is 0 Å². The highest BCUT2D eigenvalue weighted by molar-refractivity contribution is 9.11. The second kappa shape index (κ2) is 5.04. The summed E-state index contributed by atoms with van der Waals surface area (Å²) >= 11 is 6.56. The van der Waals surface area contributed by atoms with Crippen LogP contribution in [0.2, 0.25) is 0 Å². The zero-order chi connectivity index (χ0) is 12.6. The Hall–Kier alpha value is -0.460. The van der Waals surface area contributed by atoms with Gasteiger partial charge in [0.05, 0.1) is 5.69 Å². The Balaban J connectivity index is 2.38. The summed E-state index contributed by atoms with van der Waals surface area (Å²) in [6, 6.07) is 2.70. The Morgan fingerprint density at radius 2 is 2.00 bits per heavy atom. The molecule has 2 N–H and O–H groups in total. The van der Waals surface area contributed by atoms with Crippen LogP contribution in [0.4, 0.5) is 10.1 Å². The number of hydrogen-bond acceptors (Lipinski definition) is 2. The summed E-state index contributed by atoms with van der Waals surface area (Å²) < 4.78 is 14.3. The van der Waals surface area contributed by atoms with Gasteiger partial charge in [-0.25, -0.2) is 4.39 Å². The molecule has 6 heteroatoms. The summed E-state index contributed by atoms with van der Waals surface area (Å²) in [5.74, 6) is -0.158. The molecule has 0 radical (unpaired) electrons. The van der Waals surface area contributed by atoms with E-state index in [-0.39, 0.29) is 17.6 Å². The van der Waals surface area contributed by atoms with E-state index in [2.05, 4.69) is 31.9 Å². The molecule has 17 heavy (non-hydrogen) atoms. The van der Waals surface area contributed by atoms with E-state index in [9.17, 15) is 9.18 Å². The first-order valence-electron chi connectivity index (χ1n) is 5.18. The van der Waals surface area contributed by atoms with Crippen molar-refractivity contribution in [3.05, 3.63) is 26.9 Å². The third-order valence-electron chi connectivity index (χ3n) is 2.79. The van der Waals surface area contributed by atoms with Gasteiger partial charge in [-0.15, -0.1) is 0 Å². The van der Waals surface area contributed by atoms with Gasteiger partial charge in [0.2, 0.25) is 5.91 Å². The quantitative estimate of drug-likeness (QED) is 0.875. The highest BCUT2D eigenvalue weighted by Crippen LogP contribution is 2.38. The van der Waals surface area contributed by atoms with Crippen molar-refractivity contribution in [2.24, 2.45) is 11.7 Å². The minimum absolute atomic E-state index is 0.0217.